The summed E-state index contributed by atoms with van der Waals surface area (Å²) >= 11 is 0. The van der Waals surface area contributed by atoms with Crippen molar-refractivity contribution in [2.45, 2.75) is 394 Å². The molecule has 9 nitrogen and oxygen atoms in total. The van der Waals surface area contributed by atoms with Gasteiger partial charge in [-0.2, -0.15) is 0 Å². The summed E-state index contributed by atoms with van der Waals surface area (Å²) in [6.45, 7) is 16.9. The Labute approximate surface area is 523 Å². The summed E-state index contributed by atoms with van der Waals surface area (Å²) in [6.07, 6.45) is 60.8. The van der Waals surface area contributed by atoms with Gasteiger partial charge in [-0.05, 0) is 115 Å². The van der Waals surface area contributed by atoms with Crippen molar-refractivity contribution in [1.82, 2.24) is 9.80 Å². The predicted octanol–water partition coefficient (Wildman–Crippen LogP) is 22.4. The third-order valence-corrected chi connectivity index (χ3v) is 18.2. The van der Waals surface area contributed by atoms with Crippen LogP contribution in [0.5, 0.6) is 0 Å². The van der Waals surface area contributed by atoms with Crippen LogP contribution in [0.4, 0.5) is 0 Å². The smallest absolute Gasteiger partial charge is 0.305 e. The molecule has 0 aliphatic carbocycles. The Balaban J connectivity index is 5.64. The number of rotatable bonds is 67. The van der Waals surface area contributed by atoms with Gasteiger partial charge in [0.15, 0.2) is 0 Å². The summed E-state index contributed by atoms with van der Waals surface area (Å²) < 4.78 is 17.7. The third-order valence-electron chi connectivity index (χ3n) is 18.2. The first-order valence-electron chi connectivity index (χ1n) is 37.5. The zero-order valence-corrected chi connectivity index (χ0v) is 57.8. The van der Waals surface area contributed by atoms with Gasteiger partial charge in [0.1, 0.15) is 0 Å². The van der Waals surface area contributed by atoms with Crippen LogP contribution in [0.2, 0.25) is 0 Å². The molecule has 0 radical (unpaired) electrons. The lowest BCUT2D eigenvalue weighted by Crippen LogP contribution is -2.41. The summed E-state index contributed by atoms with van der Waals surface area (Å²) in [5, 5.41) is 0. The van der Waals surface area contributed by atoms with Gasteiger partial charge in [-0.25, -0.2) is 0 Å². The highest BCUT2D eigenvalue weighted by Crippen LogP contribution is 2.25. The number of esters is 3. The second kappa shape index (κ2) is 63.8. The lowest BCUT2D eigenvalue weighted by atomic mass is 9.94. The second-order valence-electron chi connectivity index (χ2n) is 26.7. The van der Waals surface area contributed by atoms with E-state index in [1.54, 1.807) is 0 Å². The summed E-state index contributed by atoms with van der Waals surface area (Å²) in [5.74, 6) is 1.50. The van der Waals surface area contributed by atoms with Gasteiger partial charge in [0.2, 0.25) is 5.91 Å². The summed E-state index contributed by atoms with van der Waals surface area (Å²) in [5.41, 5.74) is 0. The van der Waals surface area contributed by atoms with Gasteiger partial charge >= 0.3 is 17.9 Å². The quantitative estimate of drug-likeness (QED) is 0.0337. The van der Waals surface area contributed by atoms with E-state index >= 15 is 0 Å². The molecule has 3 atom stereocenters. The third kappa shape index (κ3) is 55.2. The molecular weight excluding hydrogens is 1040 g/mol. The van der Waals surface area contributed by atoms with Crippen molar-refractivity contribution in [2.24, 2.45) is 17.8 Å². The second-order valence-corrected chi connectivity index (χ2v) is 26.7. The Bertz CT molecular complexity index is 1360. The van der Waals surface area contributed by atoms with Crippen molar-refractivity contribution in [2.75, 3.05) is 47.0 Å². The van der Waals surface area contributed by atoms with E-state index < -0.39 is 0 Å². The fraction of sp³-hybridized carbons (Fsp3) is 0.947. The number of hydrogen-bond acceptors (Lipinski definition) is 8. The molecule has 0 fully saturated rings. The Kier molecular flexibility index (Phi) is 62.2. The fourth-order valence-corrected chi connectivity index (χ4v) is 12.3. The largest absolute Gasteiger partial charge is 0.465 e. The molecule has 0 aliphatic rings. The minimum Gasteiger partial charge on any atom is -0.465 e. The zero-order valence-electron chi connectivity index (χ0n) is 57.8. The van der Waals surface area contributed by atoms with Gasteiger partial charge in [-0.1, -0.05) is 286 Å². The van der Waals surface area contributed by atoms with Gasteiger partial charge in [-0.15, -0.1) is 0 Å². The molecular formula is C75H146N2O7. The maximum absolute atomic E-state index is 14.3. The molecule has 0 bridgehead atoms. The minimum atomic E-state index is -0.0713. The predicted molar refractivity (Wildman–Crippen MR) is 361 cm³/mol. The van der Waals surface area contributed by atoms with Crippen molar-refractivity contribution >= 4 is 23.8 Å². The fourth-order valence-electron chi connectivity index (χ4n) is 12.3. The number of hydrogen-bond donors (Lipinski definition) is 0. The maximum Gasteiger partial charge on any atom is 0.305 e. The zero-order chi connectivity index (χ0) is 61.6. The molecule has 84 heavy (non-hydrogen) atoms. The van der Waals surface area contributed by atoms with Crippen molar-refractivity contribution in [3.05, 3.63) is 0 Å². The van der Waals surface area contributed by atoms with Gasteiger partial charge in [0.25, 0.3) is 0 Å². The number of unbranched alkanes of at least 4 members (excludes halogenated alkanes) is 33. The van der Waals surface area contributed by atoms with Crippen LogP contribution in [0, 0.1) is 17.8 Å². The standard InChI is InChI=1S/C75H146N2O7/c1-9-15-20-24-28-30-35-43-55-69(53-41-33-26-22-17-11-3)66-83-74(80)61-49-39-45-57-71(77(64-51-63-76(7)8)72(78)59-47-37-32-38-48-60-73(79)82-65-68(14-6)52-19-13-5)58-46-40-50-62-75(81)84-67-70(54-42-34-27-23-18-12-4)56-44-36-31-29-25-21-16-10-2/h68-71H,9-67H2,1-8H3. The van der Waals surface area contributed by atoms with Crippen molar-refractivity contribution in [3.63, 3.8) is 0 Å². The van der Waals surface area contributed by atoms with Crippen LogP contribution in [0.3, 0.4) is 0 Å². The van der Waals surface area contributed by atoms with E-state index in [0.717, 1.165) is 116 Å². The van der Waals surface area contributed by atoms with Crippen LogP contribution >= 0.6 is 0 Å². The molecule has 498 valence electrons. The van der Waals surface area contributed by atoms with Crippen LogP contribution in [-0.2, 0) is 33.4 Å². The molecule has 0 saturated heterocycles. The minimum absolute atomic E-state index is 0.0471. The number of amides is 1. The Morgan fingerprint density at radius 1 is 0.286 bits per heavy atom. The number of ether oxygens (including phenoxy) is 3. The van der Waals surface area contributed by atoms with Gasteiger partial charge in [0.05, 0.1) is 19.8 Å². The van der Waals surface area contributed by atoms with Crippen molar-refractivity contribution in [1.29, 1.82) is 0 Å². The molecule has 0 aliphatic heterocycles. The van der Waals surface area contributed by atoms with E-state index in [2.05, 4.69) is 65.4 Å². The van der Waals surface area contributed by atoms with Gasteiger partial charge in [-0.3, -0.25) is 19.2 Å². The van der Waals surface area contributed by atoms with Crippen LogP contribution in [-0.4, -0.2) is 86.7 Å². The SMILES string of the molecule is CCCCCCCCCCC(CCCCCCCC)COC(=O)CCCCCC(CCCCCC(=O)OCC(CCCCCCCC)CCCCCCCCCC)N(CCCN(C)C)C(=O)CCCCCCCC(=O)OCC(CC)CCCC. The van der Waals surface area contributed by atoms with E-state index in [9.17, 15) is 19.2 Å². The average molecular weight is 1190 g/mol. The summed E-state index contributed by atoms with van der Waals surface area (Å²) in [4.78, 5) is 57.8. The maximum atomic E-state index is 14.3. The van der Waals surface area contributed by atoms with Crippen LogP contribution in [0.25, 0.3) is 0 Å². The summed E-state index contributed by atoms with van der Waals surface area (Å²) in [7, 11) is 4.21. The van der Waals surface area contributed by atoms with E-state index in [1.807, 2.05) is 0 Å². The summed E-state index contributed by atoms with van der Waals surface area (Å²) in [6, 6.07) is 0.136. The molecule has 3 unspecified atom stereocenters. The molecule has 0 aromatic heterocycles. The molecule has 0 heterocycles. The average Bonchev–Trinajstić information content (AvgIpc) is 3.65. The Morgan fingerprint density at radius 2 is 0.560 bits per heavy atom. The van der Waals surface area contributed by atoms with Crippen LogP contribution in [0.1, 0.15) is 388 Å². The Hall–Kier alpha value is -2.16. The monoisotopic (exact) mass is 1190 g/mol. The number of nitrogens with zero attached hydrogens (tertiary/aromatic N) is 2. The van der Waals surface area contributed by atoms with E-state index in [1.165, 1.54) is 218 Å². The lowest BCUT2D eigenvalue weighted by molar-refractivity contribution is -0.146. The molecule has 0 spiro atoms. The van der Waals surface area contributed by atoms with Crippen LogP contribution in [0.15, 0.2) is 0 Å². The Morgan fingerprint density at radius 3 is 0.893 bits per heavy atom. The van der Waals surface area contributed by atoms with Gasteiger partial charge in [0, 0.05) is 38.3 Å². The highest BCUT2D eigenvalue weighted by atomic mass is 16.5. The molecule has 1 amide bonds. The molecule has 0 saturated carbocycles. The first-order chi connectivity index (χ1) is 41.0. The van der Waals surface area contributed by atoms with E-state index in [-0.39, 0.29) is 29.9 Å². The lowest BCUT2D eigenvalue weighted by Gasteiger charge is -2.33. The number of carbonyl (C=O) groups is 4. The molecule has 0 aromatic rings. The molecule has 9 heteroatoms. The topological polar surface area (TPSA) is 102 Å². The highest BCUT2D eigenvalue weighted by molar-refractivity contribution is 5.76. The van der Waals surface area contributed by atoms with E-state index in [4.69, 9.17) is 14.2 Å². The first-order valence-corrected chi connectivity index (χ1v) is 37.5. The molecule has 0 aromatic carbocycles. The normalized spacial score (nSPS) is 13.1. The van der Waals surface area contributed by atoms with E-state index in [0.29, 0.717) is 63.3 Å². The van der Waals surface area contributed by atoms with Crippen molar-refractivity contribution in [3.8, 4) is 0 Å². The molecule has 0 N–H and O–H groups in total. The number of carbonyl (C=O) groups excluding carboxylic acids is 4. The van der Waals surface area contributed by atoms with Crippen LogP contribution < -0.4 is 0 Å². The molecule has 0 rings (SSSR count). The highest BCUT2D eigenvalue weighted by Gasteiger charge is 2.24. The van der Waals surface area contributed by atoms with Gasteiger partial charge < -0.3 is 24.0 Å². The van der Waals surface area contributed by atoms with Crippen molar-refractivity contribution < 1.29 is 33.4 Å². The first kappa shape index (κ1) is 81.8.